The molecule has 0 amide bonds. The highest BCUT2D eigenvalue weighted by molar-refractivity contribution is 7.95. The molecular formula is C5H10N2S. The van der Waals surface area contributed by atoms with Crippen molar-refractivity contribution in [1.82, 2.24) is 0 Å². The van der Waals surface area contributed by atoms with Crippen molar-refractivity contribution in [3.05, 3.63) is 12.2 Å². The first-order valence-corrected chi connectivity index (χ1v) is 3.08. The molecule has 0 aliphatic heterocycles. The molecule has 0 aliphatic carbocycles. The highest BCUT2D eigenvalue weighted by atomic mass is 32.2. The van der Waals surface area contributed by atoms with Gasteiger partial charge < -0.3 is 0 Å². The lowest BCUT2D eigenvalue weighted by Crippen LogP contribution is -1.89. The van der Waals surface area contributed by atoms with Crippen LogP contribution in [0.4, 0.5) is 0 Å². The van der Waals surface area contributed by atoms with Gasteiger partial charge in [-0.15, -0.1) is 0 Å². The molecule has 0 fully saturated rings. The zero-order valence-electron chi connectivity index (χ0n) is 5.14. The standard InChI is InChI=1S/C5H10N2S/c1-4(2)5(3)7-8-6/h1,6H2,2-3H3. The average molecular weight is 130 g/mol. The normalized spacial score (nSPS) is 11.6. The first-order valence-electron chi connectivity index (χ1n) is 2.25. The van der Waals surface area contributed by atoms with E-state index in [4.69, 9.17) is 5.14 Å². The molecule has 0 spiro atoms. The van der Waals surface area contributed by atoms with Crippen LogP contribution in [0.25, 0.3) is 0 Å². The summed E-state index contributed by atoms with van der Waals surface area (Å²) in [4.78, 5) is 0. The van der Waals surface area contributed by atoms with Gasteiger partial charge in [-0.1, -0.05) is 6.58 Å². The van der Waals surface area contributed by atoms with Gasteiger partial charge in [0.15, 0.2) is 0 Å². The van der Waals surface area contributed by atoms with Crippen molar-refractivity contribution in [3.63, 3.8) is 0 Å². The molecule has 0 saturated heterocycles. The molecule has 0 aromatic rings. The zero-order chi connectivity index (χ0) is 6.57. The zero-order valence-corrected chi connectivity index (χ0v) is 5.96. The SMILES string of the molecule is C=C(C)C(C)=NSN. The Kier molecular flexibility index (Phi) is 3.56. The van der Waals surface area contributed by atoms with Gasteiger partial charge in [-0.25, -0.2) is 4.40 Å². The van der Waals surface area contributed by atoms with Crippen molar-refractivity contribution in [2.75, 3.05) is 0 Å². The maximum absolute atomic E-state index is 5.06. The van der Waals surface area contributed by atoms with E-state index in [0.29, 0.717) is 0 Å². The topological polar surface area (TPSA) is 38.4 Å². The summed E-state index contributed by atoms with van der Waals surface area (Å²) in [6.07, 6.45) is 0. The Balaban J connectivity index is 3.80. The number of rotatable bonds is 2. The van der Waals surface area contributed by atoms with E-state index in [1.807, 2.05) is 13.8 Å². The van der Waals surface area contributed by atoms with Gasteiger partial charge in [-0.2, -0.15) is 0 Å². The molecule has 0 bridgehead atoms. The van der Waals surface area contributed by atoms with Gasteiger partial charge in [0.25, 0.3) is 0 Å². The van der Waals surface area contributed by atoms with Gasteiger partial charge in [0.1, 0.15) is 0 Å². The highest BCUT2D eigenvalue weighted by Crippen LogP contribution is 1.96. The maximum atomic E-state index is 5.06. The Morgan fingerprint density at radius 2 is 2.12 bits per heavy atom. The van der Waals surface area contributed by atoms with E-state index in [1.54, 1.807) is 0 Å². The van der Waals surface area contributed by atoms with Crippen molar-refractivity contribution in [2.24, 2.45) is 9.54 Å². The molecular weight excluding hydrogens is 120 g/mol. The Morgan fingerprint density at radius 1 is 1.62 bits per heavy atom. The predicted molar refractivity (Wildman–Crippen MR) is 39.7 cm³/mol. The van der Waals surface area contributed by atoms with Gasteiger partial charge in [0.05, 0.1) is 12.1 Å². The van der Waals surface area contributed by atoms with Crippen molar-refractivity contribution < 1.29 is 0 Å². The fourth-order valence-electron chi connectivity index (χ4n) is 0.157. The van der Waals surface area contributed by atoms with Crippen LogP contribution >= 0.6 is 12.1 Å². The summed E-state index contributed by atoms with van der Waals surface area (Å²) >= 11 is 0.965. The molecule has 0 radical (unpaired) electrons. The second-order valence-electron chi connectivity index (χ2n) is 1.56. The summed E-state index contributed by atoms with van der Waals surface area (Å²) in [5.74, 6) is 0. The highest BCUT2D eigenvalue weighted by Gasteiger charge is 1.86. The van der Waals surface area contributed by atoms with E-state index < -0.39 is 0 Å². The number of hydrogen-bond donors (Lipinski definition) is 1. The summed E-state index contributed by atoms with van der Waals surface area (Å²) in [5.41, 5.74) is 1.86. The summed E-state index contributed by atoms with van der Waals surface area (Å²) in [6, 6.07) is 0. The minimum absolute atomic E-state index is 0.900. The molecule has 0 rings (SSSR count). The minimum atomic E-state index is 0.900. The van der Waals surface area contributed by atoms with Crippen molar-refractivity contribution in [1.29, 1.82) is 0 Å². The molecule has 3 heteroatoms. The van der Waals surface area contributed by atoms with Gasteiger partial charge in [0.2, 0.25) is 0 Å². The Hall–Kier alpha value is -0.280. The Labute approximate surface area is 54.1 Å². The van der Waals surface area contributed by atoms with E-state index in [1.165, 1.54) is 0 Å². The van der Waals surface area contributed by atoms with E-state index in [9.17, 15) is 0 Å². The monoisotopic (exact) mass is 130 g/mol. The van der Waals surface area contributed by atoms with Gasteiger partial charge in [0, 0.05) is 5.71 Å². The van der Waals surface area contributed by atoms with E-state index in [-0.39, 0.29) is 0 Å². The van der Waals surface area contributed by atoms with Crippen LogP contribution in [0, 0.1) is 0 Å². The quantitative estimate of drug-likeness (QED) is 0.455. The van der Waals surface area contributed by atoms with Crippen LogP contribution in [0.1, 0.15) is 13.8 Å². The number of nitrogens with zero attached hydrogens (tertiary/aromatic N) is 1. The third kappa shape index (κ3) is 2.82. The second-order valence-corrected chi connectivity index (χ2v) is 1.96. The largest absolute Gasteiger partial charge is 0.258 e. The molecule has 0 aliphatic rings. The molecule has 46 valence electrons. The first-order chi connectivity index (χ1) is 3.68. The molecule has 8 heavy (non-hydrogen) atoms. The molecule has 0 aromatic carbocycles. The molecule has 0 heterocycles. The lowest BCUT2D eigenvalue weighted by atomic mass is 10.2. The van der Waals surface area contributed by atoms with Gasteiger partial charge in [-0.3, -0.25) is 5.14 Å². The van der Waals surface area contributed by atoms with Gasteiger partial charge in [-0.05, 0) is 19.4 Å². The third-order valence-corrected chi connectivity index (χ3v) is 1.19. The lowest BCUT2D eigenvalue weighted by molar-refractivity contribution is 1.57. The number of hydrogen-bond acceptors (Lipinski definition) is 3. The smallest absolute Gasteiger partial charge is 0.0558 e. The summed E-state index contributed by atoms with van der Waals surface area (Å²) in [5, 5.41) is 5.06. The van der Waals surface area contributed by atoms with Crippen LogP contribution in [-0.4, -0.2) is 5.71 Å². The van der Waals surface area contributed by atoms with Crippen LogP contribution in [0.5, 0.6) is 0 Å². The predicted octanol–water partition coefficient (Wildman–Crippen LogP) is 1.55. The molecule has 0 unspecified atom stereocenters. The van der Waals surface area contributed by atoms with Crippen molar-refractivity contribution >= 4 is 17.8 Å². The van der Waals surface area contributed by atoms with Crippen LogP contribution in [-0.2, 0) is 0 Å². The maximum Gasteiger partial charge on any atom is 0.0558 e. The second kappa shape index (κ2) is 3.69. The molecule has 2 nitrogen and oxygen atoms in total. The summed E-state index contributed by atoms with van der Waals surface area (Å²) in [6.45, 7) is 7.45. The number of nitrogens with two attached hydrogens (primary N) is 1. The Morgan fingerprint density at radius 3 is 2.25 bits per heavy atom. The van der Waals surface area contributed by atoms with Crippen molar-refractivity contribution in [3.8, 4) is 0 Å². The van der Waals surface area contributed by atoms with Crippen LogP contribution in [0.3, 0.4) is 0 Å². The first kappa shape index (κ1) is 7.72. The summed E-state index contributed by atoms with van der Waals surface area (Å²) < 4.78 is 3.84. The molecule has 0 atom stereocenters. The summed E-state index contributed by atoms with van der Waals surface area (Å²) in [7, 11) is 0. The van der Waals surface area contributed by atoms with Crippen LogP contribution < -0.4 is 5.14 Å². The Bertz CT molecular complexity index is 118. The fourth-order valence-corrected chi connectivity index (χ4v) is 0.471. The lowest BCUT2D eigenvalue weighted by Gasteiger charge is -1.92. The minimum Gasteiger partial charge on any atom is -0.258 e. The van der Waals surface area contributed by atoms with E-state index >= 15 is 0 Å². The van der Waals surface area contributed by atoms with E-state index in [0.717, 1.165) is 23.4 Å². The van der Waals surface area contributed by atoms with Gasteiger partial charge >= 0.3 is 0 Å². The van der Waals surface area contributed by atoms with Crippen molar-refractivity contribution in [2.45, 2.75) is 13.8 Å². The van der Waals surface area contributed by atoms with Crippen LogP contribution in [0.2, 0.25) is 0 Å². The van der Waals surface area contributed by atoms with Crippen LogP contribution in [0.15, 0.2) is 16.5 Å². The molecule has 0 aromatic heterocycles. The third-order valence-electron chi connectivity index (χ3n) is 0.807. The molecule has 2 N–H and O–H groups in total. The van der Waals surface area contributed by atoms with E-state index in [2.05, 4.69) is 11.0 Å². The fraction of sp³-hybridized carbons (Fsp3) is 0.400. The number of allylic oxidation sites excluding steroid dienone is 1. The average Bonchev–Trinajstić information content (AvgIpc) is 1.67. The molecule has 0 saturated carbocycles.